The largest absolute Gasteiger partial charge is 0.319 e. The van der Waals surface area contributed by atoms with Gasteiger partial charge in [-0.25, -0.2) is 4.98 Å². The number of aryl methyl sites for hydroxylation is 1. The number of hydrogen-bond acceptors (Lipinski definition) is 3. The van der Waals surface area contributed by atoms with Gasteiger partial charge in [-0.05, 0) is 26.1 Å². The van der Waals surface area contributed by atoms with E-state index < -0.39 is 0 Å². The standard InChI is InChI=1S/C13H15BrN2S/c1-9-12(6-7-15-2)16-13(17-9)10-4-3-5-11(14)8-10/h3-5,8,15H,6-7H2,1-2H3. The number of hydrogen-bond donors (Lipinski definition) is 1. The summed E-state index contributed by atoms with van der Waals surface area (Å²) in [6.07, 6.45) is 0.993. The maximum Gasteiger partial charge on any atom is 0.123 e. The summed E-state index contributed by atoms with van der Waals surface area (Å²) in [5, 5.41) is 4.27. The van der Waals surface area contributed by atoms with Crippen LogP contribution in [0.1, 0.15) is 10.6 Å². The van der Waals surface area contributed by atoms with E-state index in [0.717, 1.165) is 22.4 Å². The van der Waals surface area contributed by atoms with Gasteiger partial charge in [-0.3, -0.25) is 0 Å². The van der Waals surface area contributed by atoms with Gasteiger partial charge in [0.05, 0.1) is 5.69 Å². The minimum atomic E-state index is 0.975. The molecule has 0 unspecified atom stereocenters. The van der Waals surface area contributed by atoms with Crippen molar-refractivity contribution in [1.29, 1.82) is 0 Å². The molecule has 0 spiro atoms. The first-order chi connectivity index (χ1) is 8.20. The lowest BCUT2D eigenvalue weighted by Crippen LogP contribution is -2.10. The highest BCUT2D eigenvalue weighted by atomic mass is 79.9. The van der Waals surface area contributed by atoms with Crippen LogP contribution < -0.4 is 5.32 Å². The SMILES string of the molecule is CNCCc1nc(-c2cccc(Br)c2)sc1C. The zero-order valence-electron chi connectivity index (χ0n) is 9.96. The molecular formula is C13H15BrN2S. The van der Waals surface area contributed by atoms with Crippen LogP contribution >= 0.6 is 27.3 Å². The first kappa shape index (κ1) is 12.7. The Bertz CT molecular complexity index is 508. The summed E-state index contributed by atoms with van der Waals surface area (Å²) in [4.78, 5) is 6.03. The topological polar surface area (TPSA) is 24.9 Å². The van der Waals surface area contributed by atoms with Crippen LogP contribution in [-0.2, 0) is 6.42 Å². The van der Waals surface area contributed by atoms with Crippen LogP contribution in [0.4, 0.5) is 0 Å². The number of benzene rings is 1. The number of thiazole rings is 1. The first-order valence-electron chi connectivity index (χ1n) is 5.57. The molecule has 1 N–H and O–H groups in total. The summed E-state index contributed by atoms with van der Waals surface area (Å²) in [6, 6.07) is 8.29. The molecule has 2 rings (SSSR count). The third-order valence-electron chi connectivity index (χ3n) is 2.58. The van der Waals surface area contributed by atoms with Gasteiger partial charge in [0.15, 0.2) is 0 Å². The van der Waals surface area contributed by atoms with Crippen molar-refractivity contribution >= 4 is 27.3 Å². The zero-order chi connectivity index (χ0) is 12.3. The van der Waals surface area contributed by atoms with Gasteiger partial charge < -0.3 is 5.32 Å². The fourth-order valence-electron chi connectivity index (χ4n) is 1.65. The molecule has 1 aromatic heterocycles. The number of likely N-dealkylation sites (N-methyl/N-ethyl adjacent to an activating group) is 1. The average Bonchev–Trinajstić information content (AvgIpc) is 2.68. The van der Waals surface area contributed by atoms with E-state index in [1.165, 1.54) is 16.1 Å². The van der Waals surface area contributed by atoms with Crippen LogP contribution in [0.5, 0.6) is 0 Å². The molecule has 2 aromatic rings. The molecule has 2 nitrogen and oxygen atoms in total. The molecule has 0 fully saturated rings. The lowest BCUT2D eigenvalue weighted by molar-refractivity contribution is 0.777. The van der Waals surface area contributed by atoms with Gasteiger partial charge in [-0.2, -0.15) is 0 Å². The van der Waals surface area contributed by atoms with Gasteiger partial charge in [-0.1, -0.05) is 28.1 Å². The van der Waals surface area contributed by atoms with Crippen molar-refractivity contribution in [3.63, 3.8) is 0 Å². The second kappa shape index (κ2) is 5.76. The Labute approximate surface area is 114 Å². The zero-order valence-corrected chi connectivity index (χ0v) is 12.4. The van der Waals surface area contributed by atoms with Crippen molar-refractivity contribution in [3.05, 3.63) is 39.3 Å². The number of aromatic nitrogens is 1. The highest BCUT2D eigenvalue weighted by Gasteiger charge is 2.09. The number of rotatable bonds is 4. The van der Waals surface area contributed by atoms with Crippen molar-refractivity contribution in [2.75, 3.05) is 13.6 Å². The number of nitrogens with one attached hydrogen (secondary N) is 1. The summed E-state index contributed by atoms with van der Waals surface area (Å²) < 4.78 is 1.10. The van der Waals surface area contributed by atoms with Gasteiger partial charge in [-0.15, -0.1) is 11.3 Å². The quantitative estimate of drug-likeness (QED) is 0.932. The minimum absolute atomic E-state index is 0.975. The maximum absolute atomic E-state index is 4.72. The van der Waals surface area contributed by atoms with Gasteiger partial charge >= 0.3 is 0 Å². The van der Waals surface area contributed by atoms with Crippen molar-refractivity contribution in [2.45, 2.75) is 13.3 Å². The summed E-state index contributed by atoms with van der Waals surface area (Å²) >= 11 is 5.26. The first-order valence-corrected chi connectivity index (χ1v) is 7.18. The van der Waals surface area contributed by atoms with Crippen LogP contribution in [0.2, 0.25) is 0 Å². The van der Waals surface area contributed by atoms with Crippen LogP contribution in [-0.4, -0.2) is 18.6 Å². The van der Waals surface area contributed by atoms with Gasteiger partial charge in [0.1, 0.15) is 5.01 Å². The molecule has 1 heterocycles. The number of nitrogens with zero attached hydrogens (tertiary/aromatic N) is 1. The highest BCUT2D eigenvalue weighted by molar-refractivity contribution is 9.10. The third kappa shape index (κ3) is 3.15. The Morgan fingerprint density at radius 2 is 2.24 bits per heavy atom. The second-order valence-electron chi connectivity index (χ2n) is 3.89. The fraction of sp³-hybridized carbons (Fsp3) is 0.308. The molecule has 0 saturated heterocycles. The van der Waals surface area contributed by atoms with Gasteiger partial charge in [0.2, 0.25) is 0 Å². The summed E-state index contributed by atoms with van der Waals surface area (Å²) in [7, 11) is 1.97. The Morgan fingerprint density at radius 3 is 2.94 bits per heavy atom. The van der Waals surface area contributed by atoms with Crippen LogP contribution in [0.15, 0.2) is 28.7 Å². The van der Waals surface area contributed by atoms with E-state index in [0.29, 0.717) is 0 Å². The summed E-state index contributed by atoms with van der Waals surface area (Å²) in [5.74, 6) is 0. The maximum atomic E-state index is 4.72. The molecule has 0 saturated carbocycles. The smallest absolute Gasteiger partial charge is 0.123 e. The lowest BCUT2D eigenvalue weighted by atomic mass is 10.2. The molecule has 1 aromatic carbocycles. The molecule has 0 radical (unpaired) electrons. The van der Waals surface area contributed by atoms with E-state index in [9.17, 15) is 0 Å². The Balaban J connectivity index is 2.28. The van der Waals surface area contributed by atoms with E-state index in [2.05, 4.69) is 40.3 Å². The molecule has 4 heteroatoms. The molecule has 0 amide bonds. The Hall–Kier alpha value is -0.710. The predicted molar refractivity (Wildman–Crippen MR) is 77.6 cm³/mol. The molecule has 0 aliphatic heterocycles. The molecule has 0 aliphatic carbocycles. The molecule has 0 bridgehead atoms. The lowest BCUT2D eigenvalue weighted by Gasteiger charge is -1.97. The van der Waals surface area contributed by atoms with Crippen molar-refractivity contribution in [3.8, 4) is 10.6 Å². The molecular weight excluding hydrogens is 296 g/mol. The summed E-state index contributed by atoms with van der Waals surface area (Å²) in [5.41, 5.74) is 2.39. The summed E-state index contributed by atoms with van der Waals surface area (Å²) in [6.45, 7) is 3.12. The van der Waals surface area contributed by atoms with Gasteiger partial charge in [0, 0.05) is 27.9 Å². The van der Waals surface area contributed by atoms with Crippen LogP contribution in [0.25, 0.3) is 10.6 Å². The Morgan fingerprint density at radius 1 is 1.41 bits per heavy atom. The van der Waals surface area contributed by atoms with Gasteiger partial charge in [0.25, 0.3) is 0 Å². The monoisotopic (exact) mass is 310 g/mol. The van der Waals surface area contributed by atoms with Crippen molar-refractivity contribution < 1.29 is 0 Å². The fourth-order valence-corrected chi connectivity index (χ4v) is 3.00. The molecule has 0 aliphatic rings. The number of halogens is 1. The predicted octanol–water partition coefficient (Wildman–Crippen LogP) is 3.64. The van der Waals surface area contributed by atoms with Crippen LogP contribution in [0, 0.1) is 6.92 Å². The van der Waals surface area contributed by atoms with E-state index in [1.54, 1.807) is 11.3 Å². The normalized spacial score (nSPS) is 10.8. The van der Waals surface area contributed by atoms with E-state index >= 15 is 0 Å². The van der Waals surface area contributed by atoms with E-state index in [4.69, 9.17) is 4.98 Å². The average molecular weight is 311 g/mol. The van der Waals surface area contributed by atoms with Crippen LogP contribution in [0.3, 0.4) is 0 Å². The van der Waals surface area contributed by atoms with E-state index in [1.807, 2.05) is 19.2 Å². The van der Waals surface area contributed by atoms with Crippen molar-refractivity contribution in [2.24, 2.45) is 0 Å². The third-order valence-corrected chi connectivity index (χ3v) is 4.13. The second-order valence-corrected chi connectivity index (χ2v) is 6.00. The molecule has 17 heavy (non-hydrogen) atoms. The minimum Gasteiger partial charge on any atom is -0.319 e. The van der Waals surface area contributed by atoms with E-state index in [-0.39, 0.29) is 0 Å². The van der Waals surface area contributed by atoms with Crippen molar-refractivity contribution in [1.82, 2.24) is 10.3 Å². The Kier molecular flexibility index (Phi) is 4.31. The molecule has 0 atom stereocenters. The highest BCUT2D eigenvalue weighted by Crippen LogP contribution is 2.29. The molecule has 90 valence electrons.